The van der Waals surface area contributed by atoms with Crippen LogP contribution >= 0.6 is 0 Å². The van der Waals surface area contributed by atoms with Gasteiger partial charge in [0.15, 0.2) is 0 Å². The van der Waals surface area contributed by atoms with Gasteiger partial charge in [-0.25, -0.2) is 4.39 Å². The maximum atomic E-state index is 13.5. The van der Waals surface area contributed by atoms with Gasteiger partial charge in [0.1, 0.15) is 11.6 Å². The summed E-state index contributed by atoms with van der Waals surface area (Å²) in [7, 11) is 1.56. The fourth-order valence-corrected chi connectivity index (χ4v) is 1.42. The molecule has 0 aromatic heterocycles. The van der Waals surface area contributed by atoms with E-state index >= 15 is 0 Å². The van der Waals surface area contributed by atoms with Crippen molar-refractivity contribution in [1.29, 1.82) is 0 Å². The van der Waals surface area contributed by atoms with E-state index in [0.29, 0.717) is 5.75 Å². The molecule has 0 saturated heterocycles. The van der Waals surface area contributed by atoms with Gasteiger partial charge in [-0.05, 0) is 17.5 Å². The van der Waals surface area contributed by atoms with E-state index in [0.717, 1.165) is 5.56 Å². The molecule has 0 fully saturated rings. The lowest BCUT2D eigenvalue weighted by molar-refractivity contribution is 0.395. The van der Waals surface area contributed by atoms with E-state index in [9.17, 15) is 4.39 Å². The highest BCUT2D eigenvalue weighted by Gasteiger charge is 2.20. The fraction of sp³-hybridized carbons (Fsp3) is 0.385. The van der Waals surface area contributed by atoms with Crippen LogP contribution in [0.25, 0.3) is 0 Å². The van der Waals surface area contributed by atoms with E-state index in [1.54, 1.807) is 13.2 Å². The molecule has 2 heteroatoms. The number of methoxy groups -OCH3 is 1. The Morgan fingerprint density at radius 1 is 1.33 bits per heavy atom. The quantitative estimate of drug-likeness (QED) is 0.641. The molecule has 0 heterocycles. The first-order valence-electron chi connectivity index (χ1n) is 4.74. The SMILES string of the molecule is C#Cc1cc(OC)c(C(C)(C)C)cc1F. The topological polar surface area (TPSA) is 9.23 Å². The van der Waals surface area contributed by atoms with Crippen LogP contribution < -0.4 is 4.74 Å². The Morgan fingerprint density at radius 2 is 1.93 bits per heavy atom. The lowest BCUT2D eigenvalue weighted by Crippen LogP contribution is -2.13. The number of halogens is 1. The molecule has 0 atom stereocenters. The number of terminal acetylenes is 1. The van der Waals surface area contributed by atoms with Gasteiger partial charge in [0, 0.05) is 5.56 Å². The average molecular weight is 206 g/mol. The van der Waals surface area contributed by atoms with Gasteiger partial charge in [-0.15, -0.1) is 6.42 Å². The van der Waals surface area contributed by atoms with Crippen molar-refractivity contribution in [2.45, 2.75) is 26.2 Å². The smallest absolute Gasteiger partial charge is 0.139 e. The summed E-state index contributed by atoms with van der Waals surface area (Å²) >= 11 is 0. The summed E-state index contributed by atoms with van der Waals surface area (Å²) in [5.41, 5.74) is 0.889. The first kappa shape index (κ1) is 11.6. The van der Waals surface area contributed by atoms with Gasteiger partial charge in [-0.1, -0.05) is 26.7 Å². The summed E-state index contributed by atoms with van der Waals surface area (Å²) < 4.78 is 18.7. The third kappa shape index (κ3) is 2.30. The summed E-state index contributed by atoms with van der Waals surface area (Å²) in [6.07, 6.45) is 5.19. The zero-order valence-corrected chi connectivity index (χ0v) is 9.52. The highest BCUT2D eigenvalue weighted by Crippen LogP contribution is 2.32. The van der Waals surface area contributed by atoms with Gasteiger partial charge in [-0.2, -0.15) is 0 Å². The van der Waals surface area contributed by atoms with Crippen LogP contribution in [0, 0.1) is 18.2 Å². The first-order valence-corrected chi connectivity index (χ1v) is 4.74. The van der Waals surface area contributed by atoms with Crippen LogP contribution in [0.15, 0.2) is 12.1 Å². The van der Waals surface area contributed by atoms with Crippen molar-refractivity contribution in [3.63, 3.8) is 0 Å². The van der Waals surface area contributed by atoms with E-state index in [1.165, 1.54) is 6.07 Å². The van der Waals surface area contributed by atoms with Gasteiger partial charge in [0.05, 0.1) is 12.7 Å². The van der Waals surface area contributed by atoms with E-state index < -0.39 is 0 Å². The molecule has 0 aliphatic rings. The molecule has 0 N–H and O–H groups in total. The van der Waals surface area contributed by atoms with Crippen molar-refractivity contribution >= 4 is 0 Å². The third-order valence-electron chi connectivity index (χ3n) is 2.25. The zero-order chi connectivity index (χ0) is 11.6. The van der Waals surface area contributed by atoms with Crippen LogP contribution in [0.2, 0.25) is 0 Å². The maximum absolute atomic E-state index is 13.5. The normalized spacial score (nSPS) is 10.9. The minimum atomic E-state index is -0.372. The van der Waals surface area contributed by atoms with Crippen LogP contribution in [0.3, 0.4) is 0 Å². The molecule has 15 heavy (non-hydrogen) atoms. The largest absolute Gasteiger partial charge is 0.496 e. The van der Waals surface area contributed by atoms with Crippen molar-refractivity contribution in [3.05, 3.63) is 29.1 Å². The van der Waals surface area contributed by atoms with Crippen molar-refractivity contribution in [2.75, 3.05) is 7.11 Å². The summed E-state index contributed by atoms with van der Waals surface area (Å²) in [4.78, 5) is 0. The van der Waals surface area contributed by atoms with Gasteiger partial charge < -0.3 is 4.74 Å². The standard InChI is InChI=1S/C13H15FO/c1-6-9-7-12(15-5)10(8-11(9)14)13(2,3)4/h1,7-8H,2-5H3. The van der Waals surface area contributed by atoms with Crippen LogP contribution in [-0.2, 0) is 5.41 Å². The Hall–Kier alpha value is -1.49. The van der Waals surface area contributed by atoms with Crippen LogP contribution in [0.1, 0.15) is 31.9 Å². The number of hydrogen-bond acceptors (Lipinski definition) is 1. The summed E-state index contributed by atoms with van der Waals surface area (Å²) in [6.45, 7) is 6.00. The molecule has 0 radical (unpaired) electrons. The number of benzene rings is 1. The lowest BCUT2D eigenvalue weighted by atomic mass is 9.85. The number of hydrogen-bond donors (Lipinski definition) is 0. The average Bonchev–Trinajstić information content (AvgIpc) is 2.16. The van der Waals surface area contributed by atoms with Gasteiger partial charge in [0.25, 0.3) is 0 Å². The minimum absolute atomic E-state index is 0.167. The predicted octanol–water partition coefficient (Wildman–Crippen LogP) is 3.11. The van der Waals surface area contributed by atoms with Gasteiger partial charge in [0.2, 0.25) is 0 Å². The van der Waals surface area contributed by atoms with Gasteiger partial charge in [-0.3, -0.25) is 0 Å². The number of ether oxygens (including phenoxy) is 1. The Balaban J connectivity index is 3.42. The Labute approximate surface area is 90.3 Å². The predicted molar refractivity (Wildman–Crippen MR) is 59.6 cm³/mol. The highest BCUT2D eigenvalue weighted by molar-refractivity contribution is 5.47. The molecule has 0 aliphatic heterocycles. The Morgan fingerprint density at radius 3 is 2.33 bits per heavy atom. The second-order valence-electron chi connectivity index (χ2n) is 4.43. The summed E-state index contributed by atoms with van der Waals surface area (Å²) in [5.74, 6) is 2.56. The molecule has 0 spiro atoms. The van der Waals surface area contributed by atoms with Crippen LogP contribution in [0.4, 0.5) is 4.39 Å². The lowest BCUT2D eigenvalue weighted by Gasteiger charge is -2.22. The molecule has 80 valence electrons. The third-order valence-corrected chi connectivity index (χ3v) is 2.25. The Kier molecular flexibility index (Phi) is 3.04. The maximum Gasteiger partial charge on any atom is 0.139 e. The van der Waals surface area contributed by atoms with Gasteiger partial charge >= 0.3 is 0 Å². The second kappa shape index (κ2) is 3.94. The molecule has 0 unspecified atom stereocenters. The monoisotopic (exact) mass is 206 g/mol. The molecular formula is C13H15FO. The molecule has 0 aliphatic carbocycles. The number of rotatable bonds is 1. The minimum Gasteiger partial charge on any atom is -0.496 e. The summed E-state index contributed by atoms with van der Waals surface area (Å²) in [5, 5.41) is 0. The fourth-order valence-electron chi connectivity index (χ4n) is 1.42. The molecule has 0 amide bonds. The molecule has 1 aromatic carbocycles. The molecule has 0 bridgehead atoms. The molecule has 1 nitrogen and oxygen atoms in total. The van der Waals surface area contributed by atoms with Crippen LogP contribution in [0.5, 0.6) is 5.75 Å². The van der Waals surface area contributed by atoms with Crippen LogP contribution in [-0.4, -0.2) is 7.11 Å². The summed E-state index contributed by atoms with van der Waals surface area (Å²) in [6, 6.07) is 3.02. The second-order valence-corrected chi connectivity index (χ2v) is 4.43. The zero-order valence-electron chi connectivity index (χ0n) is 9.52. The van der Waals surface area contributed by atoms with E-state index in [-0.39, 0.29) is 16.8 Å². The highest BCUT2D eigenvalue weighted by atomic mass is 19.1. The van der Waals surface area contributed by atoms with E-state index in [2.05, 4.69) is 5.92 Å². The molecule has 1 aromatic rings. The van der Waals surface area contributed by atoms with Crippen molar-refractivity contribution in [3.8, 4) is 18.1 Å². The molecule has 0 saturated carbocycles. The van der Waals surface area contributed by atoms with Crippen molar-refractivity contribution in [1.82, 2.24) is 0 Å². The first-order chi connectivity index (χ1) is 6.90. The van der Waals surface area contributed by atoms with Crippen molar-refractivity contribution < 1.29 is 9.13 Å². The molecular weight excluding hydrogens is 191 g/mol. The van der Waals surface area contributed by atoms with E-state index in [4.69, 9.17) is 11.2 Å². The molecule has 1 rings (SSSR count). The Bertz CT molecular complexity index is 408. The van der Waals surface area contributed by atoms with Crippen molar-refractivity contribution in [2.24, 2.45) is 0 Å². The van der Waals surface area contributed by atoms with E-state index in [1.807, 2.05) is 20.8 Å².